The van der Waals surface area contributed by atoms with Crippen LogP contribution in [0.2, 0.25) is 0 Å². The van der Waals surface area contributed by atoms with E-state index >= 15 is 0 Å². The molecule has 0 radical (unpaired) electrons. The summed E-state index contributed by atoms with van der Waals surface area (Å²) in [6, 6.07) is 0. The topological polar surface area (TPSA) is 32.3 Å². The molecule has 1 saturated carbocycles. The second-order valence-corrected chi connectivity index (χ2v) is 3.93. The highest BCUT2D eigenvalue weighted by molar-refractivity contribution is 4.86. The van der Waals surface area contributed by atoms with Gasteiger partial charge in [0.2, 0.25) is 0 Å². The smallest absolute Gasteiger partial charge is 0.0695 e. The van der Waals surface area contributed by atoms with Crippen molar-refractivity contribution in [1.29, 1.82) is 0 Å². The number of nitrogens with one attached hydrogen (secondary N) is 1. The molecule has 1 saturated heterocycles. The molecule has 2 aliphatic rings. The molecule has 1 aliphatic heterocycles. The second-order valence-electron chi connectivity index (χ2n) is 3.93. The van der Waals surface area contributed by atoms with Crippen LogP contribution in [-0.4, -0.2) is 24.3 Å². The van der Waals surface area contributed by atoms with Gasteiger partial charge in [0.1, 0.15) is 0 Å². The van der Waals surface area contributed by atoms with Crippen molar-refractivity contribution in [2.75, 3.05) is 13.1 Å². The third kappa shape index (κ3) is 1.42. The van der Waals surface area contributed by atoms with E-state index in [2.05, 4.69) is 5.32 Å². The van der Waals surface area contributed by atoms with Crippen LogP contribution in [0, 0.1) is 11.8 Å². The van der Waals surface area contributed by atoms with Crippen molar-refractivity contribution in [1.82, 2.24) is 5.32 Å². The minimum Gasteiger partial charge on any atom is -0.392 e. The minimum absolute atomic E-state index is 0.0611. The van der Waals surface area contributed by atoms with E-state index < -0.39 is 0 Å². The highest BCUT2D eigenvalue weighted by Gasteiger charge is 2.33. The molecular formula is C9H17NO. The highest BCUT2D eigenvalue weighted by Crippen LogP contribution is 2.33. The van der Waals surface area contributed by atoms with Gasteiger partial charge in [0.05, 0.1) is 6.10 Å². The summed E-state index contributed by atoms with van der Waals surface area (Å²) in [5, 5.41) is 12.9. The maximum Gasteiger partial charge on any atom is 0.0695 e. The van der Waals surface area contributed by atoms with Crippen LogP contribution in [0.3, 0.4) is 0 Å². The number of aliphatic hydroxyl groups is 1. The van der Waals surface area contributed by atoms with Crippen molar-refractivity contribution < 1.29 is 5.11 Å². The van der Waals surface area contributed by atoms with Crippen molar-refractivity contribution in [3.05, 3.63) is 0 Å². The standard InChI is InChI=1S/C9H17NO/c11-9-6-10-5-7-3-1-2-4-8(7)9/h7-11H,1-6H2/t7-,8-,9?/m0/s1. The molecular weight excluding hydrogens is 138 g/mol. The molecule has 2 heteroatoms. The number of β-amino-alcohol motifs (C(OH)–C–C–N with tert-alkyl or cyclic N) is 1. The Hall–Kier alpha value is -0.0800. The minimum atomic E-state index is -0.0611. The van der Waals surface area contributed by atoms with Gasteiger partial charge in [-0.05, 0) is 31.2 Å². The number of fused-ring (bicyclic) bond motifs is 1. The Balaban J connectivity index is 1.99. The van der Waals surface area contributed by atoms with E-state index in [1.54, 1.807) is 0 Å². The zero-order valence-corrected chi connectivity index (χ0v) is 6.92. The van der Waals surface area contributed by atoms with Gasteiger partial charge in [0.25, 0.3) is 0 Å². The van der Waals surface area contributed by atoms with Gasteiger partial charge < -0.3 is 10.4 Å². The molecule has 0 aromatic heterocycles. The first kappa shape index (κ1) is 7.56. The molecule has 64 valence electrons. The molecule has 0 amide bonds. The molecule has 0 aromatic carbocycles. The normalized spacial score (nSPS) is 45.0. The fourth-order valence-electron chi connectivity index (χ4n) is 2.56. The molecule has 0 spiro atoms. The van der Waals surface area contributed by atoms with Crippen LogP contribution in [0.4, 0.5) is 0 Å². The van der Waals surface area contributed by atoms with Crippen LogP contribution in [-0.2, 0) is 0 Å². The van der Waals surface area contributed by atoms with Crippen LogP contribution in [0.1, 0.15) is 25.7 Å². The number of hydrogen-bond acceptors (Lipinski definition) is 2. The molecule has 0 bridgehead atoms. The lowest BCUT2D eigenvalue weighted by molar-refractivity contribution is 0.0227. The number of rotatable bonds is 0. The van der Waals surface area contributed by atoms with E-state index in [-0.39, 0.29) is 6.10 Å². The Morgan fingerprint density at radius 3 is 2.73 bits per heavy atom. The summed E-state index contributed by atoms with van der Waals surface area (Å²) in [7, 11) is 0. The first-order valence-corrected chi connectivity index (χ1v) is 4.76. The van der Waals surface area contributed by atoms with Crippen molar-refractivity contribution in [2.45, 2.75) is 31.8 Å². The summed E-state index contributed by atoms with van der Waals surface area (Å²) >= 11 is 0. The maximum atomic E-state index is 9.64. The molecule has 2 fully saturated rings. The van der Waals surface area contributed by atoms with Gasteiger partial charge in [-0.15, -0.1) is 0 Å². The molecule has 2 N–H and O–H groups in total. The number of hydrogen-bond donors (Lipinski definition) is 2. The third-order valence-electron chi connectivity index (χ3n) is 3.22. The van der Waals surface area contributed by atoms with E-state index in [1.165, 1.54) is 25.7 Å². The fraction of sp³-hybridized carbons (Fsp3) is 1.00. The van der Waals surface area contributed by atoms with Gasteiger partial charge in [-0.1, -0.05) is 12.8 Å². The van der Waals surface area contributed by atoms with Crippen molar-refractivity contribution in [3.8, 4) is 0 Å². The predicted molar refractivity (Wildman–Crippen MR) is 44.3 cm³/mol. The molecule has 0 aromatic rings. The van der Waals surface area contributed by atoms with Crippen LogP contribution in [0.5, 0.6) is 0 Å². The molecule has 2 nitrogen and oxygen atoms in total. The summed E-state index contributed by atoms with van der Waals surface area (Å²) < 4.78 is 0. The van der Waals surface area contributed by atoms with E-state index in [4.69, 9.17) is 0 Å². The number of aliphatic hydroxyl groups excluding tert-OH is 1. The molecule has 1 heterocycles. The van der Waals surface area contributed by atoms with Gasteiger partial charge in [0.15, 0.2) is 0 Å². The first-order chi connectivity index (χ1) is 5.38. The van der Waals surface area contributed by atoms with Crippen LogP contribution >= 0.6 is 0 Å². The SMILES string of the molecule is OC1CNC[C@@H]2CCCC[C@H]12. The summed E-state index contributed by atoms with van der Waals surface area (Å²) in [5.41, 5.74) is 0. The van der Waals surface area contributed by atoms with E-state index in [0.717, 1.165) is 19.0 Å². The summed E-state index contributed by atoms with van der Waals surface area (Å²) in [4.78, 5) is 0. The average Bonchev–Trinajstić information content (AvgIpc) is 2.06. The predicted octanol–water partition coefficient (Wildman–Crippen LogP) is 0.757. The molecule has 3 atom stereocenters. The monoisotopic (exact) mass is 155 g/mol. The van der Waals surface area contributed by atoms with Gasteiger partial charge in [-0.2, -0.15) is 0 Å². The maximum absolute atomic E-state index is 9.64. The lowest BCUT2D eigenvalue weighted by atomic mass is 9.74. The third-order valence-corrected chi connectivity index (χ3v) is 3.22. The van der Waals surface area contributed by atoms with Gasteiger partial charge in [0, 0.05) is 6.54 Å². The Morgan fingerprint density at radius 1 is 1.09 bits per heavy atom. The zero-order valence-electron chi connectivity index (χ0n) is 6.92. The van der Waals surface area contributed by atoms with Gasteiger partial charge in [-0.3, -0.25) is 0 Å². The zero-order chi connectivity index (χ0) is 7.68. The lowest BCUT2D eigenvalue weighted by Crippen LogP contribution is -2.47. The van der Waals surface area contributed by atoms with Crippen molar-refractivity contribution in [3.63, 3.8) is 0 Å². The highest BCUT2D eigenvalue weighted by atomic mass is 16.3. The van der Waals surface area contributed by atoms with Gasteiger partial charge >= 0.3 is 0 Å². The van der Waals surface area contributed by atoms with Crippen molar-refractivity contribution >= 4 is 0 Å². The molecule has 2 rings (SSSR count). The van der Waals surface area contributed by atoms with Gasteiger partial charge in [-0.25, -0.2) is 0 Å². The Kier molecular flexibility index (Phi) is 2.14. The Bertz CT molecular complexity index is 136. The second kappa shape index (κ2) is 3.11. The Labute approximate surface area is 68.0 Å². The quantitative estimate of drug-likeness (QED) is 0.541. The summed E-state index contributed by atoms with van der Waals surface area (Å²) in [6.45, 7) is 1.96. The van der Waals surface area contributed by atoms with Crippen LogP contribution in [0.15, 0.2) is 0 Å². The Morgan fingerprint density at radius 2 is 1.91 bits per heavy atom. The fourth-order valence-corrected chi connectivity index (χ4v) is 2.56. The van der Waals surface area contributed by atoms with Crippen LogP contribution < -0.4 is 5.32 Å². The van der Waals surface area contributed by atoms with E-state index in [1.807, 2.05) is 0 Å². The number of piperidine rings is 1. The van der Waals surface area contributed by atoms with Crippen molar-refractivity contribution in [2.24, 2.45) is 11.8 Å². The molecule has 11 heavy (non-hydrogen) atoms. The summed E-state index contributed by atoms with van der Waals surface area (Å²) in [5.74, 6) is 1.39. The van der Waals surface area contributed by atoms with Crippen LogP contribution in [0.25, 0.3) is 0 Å². The lowest BCUT2D eigenvalue weighted by Gasteiger charge is -2.39. The van der Waals surface area contributed by atoms with E-state index in [0.29, 0.717) is 5.92 Å². The molecule has 1 unspecified atom stereocenters. The molecule has 1 aliphatic carbocycles. The first-order valence-electron chi connectivity index (χ1n) is 4.76. The largest absolute Gasteiger partial charge is 0.392 e. The summed E-state index contributed by atoms with van der Waals surface area (Å²) in [6.07, 6.45) is 5.23. The average molecular weight is 155 g/mol. The van der Waals surface area contributed by atoms with E-state index in [9.17, 15) is 5.11 Å².